The second kappa shape index (κ2) is 5.50. The smallest absolute Gasteiger partial charge is 0.230 e. The zero-order valence-electron chi connectivity index (χ0n) is 7.95. The highest BCUT2D eigenvalue weighted by atomic mass is 32.2. The minimum Gasteiger partial charge on any atom is -0.393 e. The number of hydrogen-bond donors (Lipinski definition) is 2. The van der Waals surface area contributed by atoms with Gasteiger partial charge in [-0.25, -0.2) is 0 Å². The highest BCUT2D eigenvalue weighted by Crippen LogP contribution is 2.18. The van der Waals surface area contributed by atoms with E-state index in [0.29, 0.717) is 11.8 Å². The molecule has 2 N–H and O–H groups in total. The summed E-state index contributed by atoms with van der Waals surface area (Å²) >= 11 is 1.54. The average Bonchev–Trinajstić information content (AvgIpc) is 2.09. The van der Waals surface area contributed by atoms with Crippen LogP contribution in [0, 0.1) is 0 Å². The third kappa shape index (κ3) is 4.00. The molecule has 1 amide bonds. The number of thioether (sulfide) groups is 1. The molecule has 0 aromatic rings. The van der Waals surface area contributed by atoms with Crippen molar-refractivity contribution in [3.8, 4) is 0 Å². The third-order valence-electron chi connectivity index (χ3n) is 2.34. The first-order valence-corrected chi connectivity index (χ1v) is 6.08. The maximum atomic E-state index is 11.2. The third-order valence-corrected chi connectivity index (χ3v) is 2.89. The van der Waals surface area contributed by atoms with Crippen LogP contribution in [0.5, 0.6) is 0 Å². The fourth-order valence-corrected chi connectivity index (χ4v) is 1.97. The SMILES string of the molecule is CSCC(=O)NC1CCC(O)CC1. The van der Waals surface area contributed by atoms with Gasteiger partial charge in [-0.3, -0.25) is 4.79 Å². The van der Waals surface area contributed by atoms with Gasteiger partial charge in [-0.2, -0.15) is 11.8 Å². The van der Waals surface area contributed by atoms with Crippen LogP contribution in [0.3, 0.4) is 0 Å². The van der Waals surface area contributed by atoms with Gasteiger partial charge in [0.15, 0.2) is 0 Å². The second-order valence-corrected chi connectivity index (χ2v) is 4.37. The molecule has 1 aliphatic rings. The van der Waals surface area contributed by atoms with E-state index < -0.39 is 0 Å². The van der Waals surface area contributed by atoms with Crippen molar-refractivity contribution < 1.29 is 9.90 Å². The summed E-state index contributed by atoms with van der Waals surface area (Å²) in [6.45, 7) is 0. The summed E-state index contributed by atoms with van der Waals surface area (Å²) in [6.07, 6.45) is 5.26. The minimum absolute atomic E-state index is 0.119. The number of carbonyl (C=O) groups excluding carboxylic acids is 1. The van der Waals surface area contributed by atoms with Crippen molar-refractivity contribution in [3.05, 3.63) is 0 Å². The molecule has 0 heterocycles. The van der Waals surface area contributed by atoms with Crippen LogP contribution in [0.25, 0.3) is 0 Å². The van der Waals surface area contributed by atoms with E-state index >= 15 is 0 Å². The van der Waals surface area contributed by atoms with Crippen LogP contribution in [0.4, 0.5) is 0 Å². The molecule has 1 rings (SSSR count). The number of aliphatic hydroxyl groups excluding tert-OH is 1. The molecular weight excluding hydrogens is 186 g/mol. The zero-order chi connectivity index (χ0) is 9.68. The van der Waals surface area contributed by atoms with Gasteiger partial charge in [-0.05, 0) is 31.9 Å². The molecule has 0 bridgehead atoms. The molecule has 0 unspecified atom stereocenters. The Morgan fingerprint density at radius 1 is 1.46 bits per heavy atom. The minimum atomic E-state index is -0.145. The molecule has 13 heavy (non-hydrogen) atoms. The highest BCUT2D eigenvalue weighted by Gasteiger charge is 2.20. The first-order chi connectivity index (χ1) is 6.22. The molecule has 0 atom stereocenters. The lowest BCUT2D eigenvalue weighted by molar-refractivity contribution is -0.119. The van der Waals surface area contributed by atoms with Gasteiger partial charge >= 0.3 is 0 Å². The lowest BCUT2D eigenvalue weighted by Crippen LogP contribution is -2.39. The summed E-state index contributed by atoms with van der Waals surface area (Å²) in [5, 5.41) is 12.2. The number of hydrogen-bond acceptors (Lipinski definition) is 3. The Labute approximate surface area is 83.3 Å². The number of carbonyl (C=O) groups is 1. The van der Waals surface area contributed by atoms with Gasteiger partial charge in [0.25, 0.3) is 0 Å². The lowest BCUT2D eigenvalue weighted by Gasteiger charge is -2.26. The van der Waals surface area contributed by atoms with Crippen LogP contribution in [0.2, 0.25) is 0 Å². The molecule has 3 nitrogen and oxygen atoms in total. The van der Waals surface area contributed by atoms with Crippen LogP contribution < -0.4 is 5.32 Å². The van der Waals surface area contributed by atoms with E-state index in [1.54, 1.807) is 0 Å². The van der Waals surface area contributed by atoms with E-state index in [9.17, 15) is 9.90 Å². The van der Waals surface area contributed by atoms with Crippen molar-refractivity contribution in [2.45, 2.75) is 37.8 Å². The van der Waals surface area contributed by atoms with Crippen LogP contribution in [0.15, 0.2) is 0 Å². The lowest BCUT2D eigenvalue weighted by atomic mass is 9.93. The number of nitrogens with one attached hydrogen (secondary N) is 1. The molecule has 0 spiro atoms. The van der Waals surface area contributed by atoms with Crippen molar-refractivity contribution in [2.75, 3.05) is 12.0 Å². The molecular formula is C9H17NO2S. The van der Waals surface area contributed by atoms with Crippen LogP contribution in [-0.4, -0.2) is 35.2 Å². The monoisotopic (exact) mass is 203 g/mol. The summed E-state index contributed by atoms with van der Waals surface area (Å²) in [4.78, 5) is 11.2. The van der Waals surface area contributed by atoms with Gasteiger partial charge in [-0.15, -0.1) is 0 Å². The maximum Gasteiger partial charge on any atom is 0.230 e. The quantitative estimate of drug-likeness (QED) is 0.712. The van der Waals surface area contributed by atoms with Gasteiger partial charge in [0, 0.05) is 6.04 Å². The maximum absolute atomic E-state index is 11.2. The highest BCUT2D eigenvalue weighted by molar-refractivity contribution is 7.99. The Morgan fingerprint density at radius 3 is 2.62 bits per heavy atom. The standard InChI is InChI=1S/C9H17NO2S/c1-13-6-9(12)10-7-2-4-8(11)5-3-7/h7-8,11H,2-6H2,1H3,(H,10,12). The van der Waals surface area contributed by atoms with E-state index in [0.717, 1.165) is 25.7 Å². The summed E-state index contributed by atoms with van der Waals surface area (Å²) in [5.74, 6) is 0.660. The fraction of sp³-hybridized carbons (Fsp3) is 0.889. The molecule has 0 saturated heterocycles. The van der Waals surface area contributed by atoms with E-state index in [2.05, 4.69) is 5.32 Å². The van der Waals surface area contributed by atoms with Gasteiger partial charge in [0.05, 0.1) is 11.9 Å². The number of rotatable bonds is 3. The molecule has 0 aromatic carbocycles. The molecule has 4 heteroatoms. The molecule has 1 aliphatic carbocycles. The van der Waals surface area contributed by atoms with Gasteiger partial charge in [0.1, 0.15) is 0 Å². The Hall–Kier alpha value is -0.220. The largest absolute Gasteiger partial charge is 0.393 e. The van der Waals surface area contributed by atoms with E-state index in [-0.39, 0.29) is 12.0 Å². The van der Waals surface area contributed by atoms with Gasteiger partial charge in [0.2, 0.25) is 5.91 Å². The van der Waals surface area contributed by atoms with Gasteiger partial charge < -0.3 is 10.4 Å². The molecule has 0 radical (unpaired) electrons. The second-order valence-electron chi connectivity index (χ2n) is 3.51. The van der Waals surface area contributed by atoms with Crippen molar-refractivity contribution in [1.29, 1.82) is 0 Å². The van der Waals surface area contributed by atoms with Crippen molar-refractivity contribution in [3.63, 3.8) is 0 Å². The predicted octanol–water partition coefficient (Wildman–Crippen LogP) is 0.769. The molecule has 76 valence electrons. The summed E-state index contributed by atoms with van der Waals surface area (Å²) in [7, 11) is 0. The van der Waals surface area contributed by atoms with E-state index in [4.69, 9.17) is 0 Å². The molecule has 1 saturated carbocycles. The van der Waals surface area contributed by atoms with Crippen LogP contribution in [-0.2, 0) is 4.79 Å². The van der Waals surface area contributed by atoms with Crippen molar-refractivity contribution in [2.24, 2.45) is 0 Å². The zero-order valence-corrected chi connectivity index (χ0v) is 8.77. The Balaban J connectivity index is 2.18. The van der Waals surface area contributed by atoms with E-state index in [1.165, 1.54) is 11.8 Å². The number of aliphatic hydroxyl groups is 1. The summed E-state index contributed by atoms with van der Waals surface area (Å²) < 4.78 is 0. The van der Waals surface area contributed by atoms with Crippen LogP contribution in [0.1, 0.15) is 25.7 Å². The predicted molar refractivity (Wildman–Crippen MR) is 54.8 cm³/mol. The van der Waals surface area contributed by atoms with Crippen LogP contribution >= 0.6 is 11.8 Å². The molecule has 0 aliphatic heterocycles. The topological polar surface area (TPSA) is 49.3 Å². The summed E-state index contributed by atoms with van der Waals surface area (Å²) in [5.41, 5.74) is 0. The Kier molecular flexibility index (Phi) is 4.59. The summed E-state index contributed by atoms with van der Waals surface area (Å²) in [6, 6.07) is 0.294. The molecule has 1 fully saturated rings. The number of amides is 1. The fourth-order valence-electron chi connectivity index (χ4n) is 1.62. The Morgan fingerprint density at radius 2 is 2.08 bits per heavy atom. The van der Waals surface area contributed by atoms with E-state index in [1.807, 2.05) is 6.26 Å². The Bertz CT molecular complexity index is 167. The normalized spacial score (nSPS) is 28.5. The molecule has 0 aromatic heterocycles. The van der Waals surface area contributed by atoms with Gasteiger partial charge in [-0.1, -0.05) is 0 Å². The average molecular weight is 203 g/mol. The first kappa shape index (κ1) is 10.9. The van der Waals surface area contributed by atoms with Crippen molar-refractivity contribution in [1.82, 2.24) is 5.32 Å². The first-order valence-electron chi connectivity index (χ1n) is 4.68. The van der Waals surface area contributed by atoms with Crippen molar-refractivity contribution >= 4 is 17.7 Å².